The summed E-state index contributed by atoms with van der Waals surface area (Å²) in [5.41, 5.74) is 5.63. The molecule has 5 heteroatoms. The number of ether oxygens (including phenoxy) is 1. The highest BCUT2D eigenvalue weighted by atomic mass is 16.5. The summed E-state index contributed by atoms with van der Waals surface area (Å²) >= 11 is 0. The maximum Gasteiger partial charge on any atom is 0.182 e. The Kier molecular flexibility index (Phi) is 5.15. The number of para-hydroxylation sites is 1. The van der Waals surface area contributed by atoms with E-state index in [0.29, 0.717) is 13.2 Å². The normalized spacial score (nSPS) is 10.8. The van der Waals surface area contributed by atoms with Crippen LogP contribution >= 0.6 is 0 Å². The van der Waals surface area contributed by atoms with E-state index < -0.39 is 0 Å². The molecule has 0 amide bonds. The lowest BCUT2D eigenvalue weighted by atomic mass is 10.0. The summed E-state index contributed by atoms with van der Waals surface area (Å²) in [6.45, 7) is 5.26. The summed E-state index contributed by atoms with van der Waals surface area (Å²) in [7, 11) is 0. The smallest absolute Gasteiger partial charge is 0.182 e. The SMILES string of the molecule is Cc1cccc(-c2nnnn2Cc2ccccc2OCc2ccccc2)c1C. The highest BCUT2D eigenvalue weighted by molar-refractivity contribution is 5.61. The molecule has 4 aromatic rings. The minimum Gasteiger partial charge on any atom is -0.489 e. The molecule has 0 aliphatic heterocycles. The first kappa shape index (κ1) is 17.9. The molecule has 1 heterocycles. The number of aromatic nitrogens is 4. The third kappa shape index (κ3) is 3.78. The van der Waals surface area contributed by atoms with Gasteiger partial charge in [-0.3, -0.25) is 0 Å². The second-order valence-corrected chi connectivity index (χ2v) is 6.79. The number of benzene rings is 3. The molecule has 0 fully saturated rings. The van der Waals surface area contributed by atoms with Gasteiger partial charge in [0, 0.05) is 11.1 Å². The van der Waals surface area contributed by atoms with E-state index in [2.05, 4.69) is 59.7 Å². The van der Waals surface area contributed by atoms with Crippen molar-refractivity contribution in [1.82, 2.24) is 20.2 Å². The van der Waals surface area contributed by atoms with Crippen LogP contribution < -0.4 is 4.74 Å². The Morgan fingerprint density at radius 1 is 0.857 bits per heavy atom. The van der Waals surface area contributed by atoms with Crippen LogP contribution in [0, 0.1) is 13.8 Å². The Labute approximate surface area is 164 Å². The van der Waals surface area contributed by atoms with Gasteiger partial charge in [0.1, 0.15) is 12.4 Å². The fourth-order valence-corrected chi connectivity index (χ4v) is 3.17. The van der Waals surface area contributed by atoms with E-state index in [1.807, 2.05) is 47.1 Å². The van der Waals surface area contributed by atoms with Gasteiger partial charge in [0.25, 0.3) is 0 Å². The summed E-state index contributed by atoms with van der Waals surface area (Å²) in [5, 5.41) is 12.4. The standard InChI is InChI=1S/C23H22N4O/c1-17-9-8-13-21(18(17)2)23-24-25-26-27(23)15-20-12-6-7-14-22(20)28-16-19-10-4-3-5-11-19/h3-14H,15-16H2,1-2H3. The van der Waals surface area contributed by atoms with E-state index in [4.69, 9.17) is 4.74 Å². The third-order valence-corrected chi connectivity index (χ3v) is 4.91. The van der Waals surface area contributed by atoms with Gasteiger partial charge in [-0.15, -0.1) is 5.10 Å². The Morgan fingerprint density at radius 2 is 1.64 bits per heavy atom. The van der Waals surface area contributed by atoms with Crippen LogP contribution in [0.2, 0.25) is 0 Å². The van der Waals surface area contributed by atoms with Crippen molar-refractivity contribution in [3.05, 3.63) is 95.1 Å². The first-order valence-corrected chi connectivity index (χ1v) is 9.30. The lowest BCUT2D eigenvalue weighted by molar-refractivity contribution is 0.302. The zero-order valence-electron chi connectivity index (χ0n) is 16.0. The molecule has 0 unspecified atom stereocenters. The van der Waals surface area contributed by atoms with Crippen molar-refractivity contribution in [3.8, 4) is 17.1 Å². The van der Waals surface area contributed by atoms with E-state index in [1.165, 1.54) is 11.1 Å². The number of nitrogens with zero attached hydrogens (tertiary/aromatic N) is 4. The number of rotatable bonds is 6. The monoisotopic (exact) mass is 370 g/mol. The summed E-state index contributed by atoms with van der Waals surface area (Å²) in [6, 6.07) is 24.4. The largest absolute Gasteiger partial charge is 0.489 e. The maximum absolute atomic E-state index is 6.08. The van der Waals surface area contributed by atoms with E-state index in [-0.39, 0.29) is 0 Å². The molecular formula is C23H22N4O. The van der Waals surface area contributed by atoms with Crippen LogP contribution in [0.15, 0.2) is 72.8 Å². The fourth-order valence-electron chi connectivity index (χ4n) is 3.17. The van der Waals surface area contributed by atoms with Crippen LogP contribution in [-0.2, 0) is 13.2 Å². The first-order chi connectivity index (χ1) is 13.7. The Morgan fingerprint density at radius 3 is 2.50 bits per heavy atom. The predicted octanol–water partition coefficient (Wildman–Crippen LogP) is 4.58. The number of tetrazole rings is 1. The van der Waals surface area contributed by atoms with Crippen LogP contribution in [0.3, 0.4) is 0 Å². The minimum absolute atomic E-state index is 0.525. The second kappa shape index (κ2) is 8.05. The van der Waals surface area contributed by atoms with Gasteiger partial charge in [-0.1, -0.05) is 66.7 Å². The highest BCUT2D eigenvalue weighted by Gasteiger charge is 2.14. The summed E-state index contributed by atoms with van der Waals surface area (Å²) in [6.07, 6.45) is 0. The van der Waals surface area contributed by atoms with Crippen LogP contribution in [0.5, 0.6) is 5.75 Å². The molecule has 0 radical (unpaired) electrons. The lowest BCUT2D eigenvalue weighted by Crippen LogP contribution is -2.07. The van der Waals surface area contributed by atoms with Crippen molar-refractivity contribution in [3.63, 3.8) is 0 Å². The predicted molar refractivity (Wildman–Crippen MR) is 109 cm³/mol. The molecule has 0 saturated carbocycles. The minimum atomic E-state index is 0.525. The fraction of sp³-hybridized carbons (Fsp3) is 0.174. The zero-order valence-corrected chi connectivity index (χ0v) is 16.0. The third-order valence-electron chi connectivity index (χ3n) is 4.91. The number of aryl methyl sites for hydroxylation is 1. The van der Waals surface area contributed by atoms with Crippen molar-refractivity contribution in [2.75, 3.05) is 0 Å². The zero-order chi connectivity index (χ0) is 19.3. The van der Waals surface area contributed by atoms with Gasteiger partial charge in [0.05, 0.1) is 6.54 Å². The van der Waals surface area contributed by atoms with Gasteiger partial charge in [0.15, 0.2) is 5.82 Å². The van der Waals surface area contributed by atoms with Crippen LogP contribution in [-0.4, -0.2) is 20.2 Å². The van der Waals surface area contributed by atoms with Gasteiger partial charge < -0.3 is 4.74 Å². The van der Waals surface area contributed by atoms with E-state index in [0.717, 1.165) is 28.3 Å². The maximum atomic E-state index is 6.08. The van der Waals surface area contributed by atoms with Crippen LogP contribution in [0.4, 0.5) is 0 Å². The molecule has 28 heavy (non-hydrogen) atoms. The van der Waals surface area contributed by atoms with Gasteiger partial charge in [-0.2, -0.15) is 0 Å². The molecule has 1 aromatic heterocycles. The molecule has 3 aromatic carbocycles. The van der Waals surface area contributed by atoms with Crippen molar-refractivity contribution >= 4 is 0 Å². The molecule has 0 N–H and O–H groups in total. The molecule has 0 aliphatic rings. The lowest BCUT2D eigenvalue weighted by Gasteiger charge is -2.13. The summed E-state index contributed by atoms with van der Waals surface area (Å²) < 4.78 is 7.90. The van der Waals surface area contributed by atoms with E-state index in [1.54, 1.807) is 0 Å². The van der Waals surface area contributed by atoms with Gasteiger partial charge in [0.2, 0.25) is 0 Å². The average Bonchev–Trinajstić information content (AvgIpc) is 3.18. The van der Waals surface area contributed by atoms with Gasteiger partial charge in [-0.25, -0.2) is 4.68 Å². The van der Waals surface area contributed by atoms with E-state index >= 15 is 0 Å². The summed E-state index contributed by atoms with van der Waals surface area (Å²) in [4.78, 5) is 0. The molecule has 0 atom stereocenters. The first-order valence-electron chi connectivity index (χ1n) is 9.30. The Balaban J connectivity index is 1.59. The van der Waals surface area contributed by atoms with Crippen molar-refractivity contribution in [1.29, 1.82) is 0 Å². The average molecular weight is 370 g/mol. The molecule has 0 bridgehead atoms. The highest BCUT2D eigenvalue weighted by Crippen LogP contribution is 2.25. The molecule has 5 nitrogen and oxygen atoms in total. The molecule has 4 rings (SSSR count). The van der Waals surface area contributed by atoms with Crippen molar-refractivity contribution in [2.45, 2.75) is 27.0 Å². The van der Waals surface area contributed by atoms with Crippen molar-refractivity contribution in [2.24, 2.45) is 0 Å². The van der Waals surface area contributed by atoms with Crippen LogP contribution in [0.1, 0.15) is 22.3 Å². The molecule has 0 saturated heterocycles. The summed E-state index contributed by atoms with van der Waals surface area (Å²) in [5.74, 6) is 1.60. The molecular weight excluding hydrogens is 348 g/mol. The van der Waals surface area contributed by atoms with Gasteiger partial charge in [-0.05, 0) is 47.0 Å². The Bertz CT molecular complexity index is 1070. The number of hydrogen-bond acceptors (Lipinski definition) is 4. The van der Waals surface area contributed by atoms with E-state index in [9.17, 15) is 0 Å². The molecule has 0 aliphatic carbocycles. The quantitative estimate of drug-likeness (QED) is 0.498. The Hall–Kier alpha value is -3.47. The number of hydrogen-bond donors (Lipinski definition) is 0. The molecule has 0 spiro atoms. The topological polar surface area (TPSA) is 52.8 Å². The molecule has 140 valence electrons. The second-order valence-electron chi connectivity index (χ2n) is 6.79. The van der Waals surface area contributed by atoms with Crippen LogP contribution in [0.25, 0.3) is 11.4 Å². The van der Waals surface area contributed by atoms with Crippen molar-refractivity contribution < 1.29 is 4.74 Å². The van der Waals surface area contributed by atoms with Gasteiger partial charge >= 0.3 is 0 Å².